The van der Waals surface area contributed by atoms with E-state index in [9.17, 15) is 14.9 Å². The predicted octanol–water partition coefficient (Wildman–Crippen LogP) is 3.57. The minimum atomic E-state index is -0.604. The first-order valence-electron chi connectivity index (χ1n) is 10.8. The van der Waals surface area contributed by atoms with Gasteiger partial charge in [0.05, 0.1) is 23.1 Å². The van der Waals surface area contributed by atoms with Gasteiger partial charge >= 0.3 is 0 Å². The van der Waals surface area contributed by atoms with E-state index in [1.807, 2.05) is 12.1 Å². The number of fused-ring (bicyclic) bond motifs is 1. The maximum Gasteiger partial charge on any atom is 0.252 e. The molecule has 0 saturated heterocycles. The van der Waals surface area contributed by atoms with Crippen LogP contribution >= 0.6 is 11.6 Å². The lowest BCUT2D eigenvalue weighted by molar-refractivity contribution is -0.121. The van der Waals surface area contributed by atoms with Crippen LogP contribution in [0.4, 0.5) is 17.1 Å². The number of hydrogen-bond acceptors (Lipinski definition) is 7. The Morgan fingerprint density at radius 2 is 2.03 bits per heavy atom. The van der Waals surface area contributed by atoms with Crippen molar-refractivity contribution in [2.24, 2.45) is 14.1 Å². The number of benzene rings is 1. The Hall–Kier alpha value is -4.36. The number of carbonyl (C=O) groups is 1. The van der Waals surface area contributed by atoms with E-state index in [2.05, 4.69) is 32.1 Å². The molecule has 4 aromatic rings. The molecule has 3 N–H and O–H groups in total. The third kappa shape index (κ3) is 4.95. The molecular formula is C24H23ClN8O2. The highest BCUT2D eigenvalue weighted by Crippen LogP contribution is 2.30. The van der Waals surface area contributed by atoms with Crippen LogP contribution in [0.5, 0.6) is 0 Å². The Labute approximate surface area is 206 Å². The first-order valence-corrected chi connectivity index (χ1v) is 11.2. The van der Waals surface area contributed by atoms with Gasteiger partial charge in [0, 0.05) is 55.6 Å². The minimum Gasteiger partial charge on any atom is -0.361 e. The number of aryl methyl sites for hydroxylation is 2. The molecule has 11 heteroatoms. The summed E-state index contributed by atoms with van der Waals surface area (Å²) >= 11 is 6.06. The van der Waals surface area contributed by atoms with Crippen molar-refractivity contribution < 1.29 is 4.79 Å². The maximum atomic E-state index is 12.7. The first-order chi connectivity index (χ1) is 16.8. The van der Waals surface area contributed by atoms with E-state index in [1.54, 1.807) is 50.2 Å². The number of nitriles is 1. The summed E-state index contributed by atoms with van der Waals surface area (Å²) in [5.74, 6) is -0.152. The molecule has 0 unspecified atom stereocenters. The molecule has 0 aliphatic rings. The molecule has 0 fully saturated rings. The number of hydrogen-bond donors (Lipinski definition) is 3. The number of anilines is 3. The fourth-order valence-corrected chi connectivity index (χ4v) is 3.87. The molecule has 0 saturated carbocycles. The van der Waals surface area contributed by atoms with Crippen LogP contribution in [0.2, 0.25) is 5.15 Å². The SMILES string of the molecule is CCC(=O)N[C@@H](Nc1cc(=O)n(C)c2ccc(Nc3ccnc(Cl)c3C#N)cc12)c1cnn(C)c1. The number of rotatable bonds is 7. The van der Waals surface area contributed by atoms with Gasteiger partial charge in [-0.05, 0) is 24.3 Å². The summed E-state index contributed by atoms with van der Waals surface area (Å²) in [4.78, 5) is 28.9. The van der Waals surface area contributed by atoms with Crippen LogP contribution in [0.25, 0.3) is 10.9 Å². The van der Waals surface area contributed by atoms with Gasteiger partial charge in [-0.3, -0.25) is 14.3 Å². The summed E-state index contributed by atoms with van der Waals surface area (Å²) in [5.41, 5.74) is 3.16. The van der Waals surface area contributed by atoms with Gasteiger partial charge in [0.2, 0.25) is 5.91 Å². The summed E-state index contributed by atoms with van der Waals surface area (Å²) < 4.78 is 3.18. The molecule has 1 amide bonds. The van der Waals surface area contributed by atoms with E-state index < -0.39 is 6.17 Å². The molecule has 0 aliphatic heterocycles. The van der Waals surface area contributed by atoms with E-state index in [0.717, 1.165) is 10.9 Å². The van der Waals surface area contributed by atoms with Crippen LogP contribution in [-0.2, 0) is 18.9 Å². The molecule has 35 heavy (non-hydrogen) atoms. The standard InChI is InChI=1S/C24H23ClN8O2/c1-4-21(34)31-24(14-12-28-32(2)13-14)30-19-10-22(35)33(3)20-6-5-15(9-16(19)20)29-18-7-8-27-23(25)17(18)11-26/h5-10,12-13,24,30H,4H2,1-3H3,(H,27,29)(H,31,34)/t24-/m1/s1. The summed E-state index contributed by atoms with van der Waals surface area (Å²) in [6, 6.07) is 10.7. The van der Waals surface area contributed by atoms with Crippen molar-refractivity contribution >= 4 is 45.5 Å². The van der Waals surface area contributed by atoms with Gasteiger partial charge in [-0.2, -0.15) is 10.4 Å². The van der Waals surface area contributed by atoms with Gasteiger partial charge in [-0.1, -0.05) is 18.5 Å². The molecule has 0 bridgehead atoms. The van der Waals surface area contributed by atoms with E-state index in [4.69, 9.17) is 11.6 Å². The second-order valence-corrected chi connectivity index (χ2v) is 8.25. The fraction of sp³-hybridized carbons (Fsp3) is 0.208. The normalized spacial score (nSPS) is 11.6. The van der Waals surface area contributed by atoms with Crippen molar-refractivity contribution in [1.82, 2.24) is 24.6 Å². The van der Waals surface area contributed by atoms with Crippen molar-refractivity contribution in [2.45, 2.75) is 19.5 Å². The molecule has 0 radical (unpaired) electrons. The van der Waals surface area contributed by atoms with Crippen molar-refractivity contribution in [2.75, 3.05) is 10.6 Å². The summed E-state index contributed by atoms with van der Waals surface area (Å²) in [7, 11) is 3.48. The number of aromatic nitrogens is 4. The Kier molecular flexibility index (Phi) is 6.71. The van der Waals surface area contributed by atoms with Crippen LogP contribution in [0.1, 0.15) is 30.6 Å². The minimum absolute atomic E-state index is 0.106. The van der Waals surface area contributed by atoms with E-state index in [1.165, 1.54) is 16.8 Å². The van der Waals surface area contributed by atoms with E-state index >= 15 is 0 Å². The number of amides is 1. The van der Waals surface area contributed by atoms with Crippen molar-refractivity contribution in [3.05, 3.63) is 75.6 Å². The Balaban J connectivity index is 1.79. The van der Waals surface area contributed by atoms with Crippen LogP contribution in [0, 0.1) is 11.3 Å². The first kappa shape index (κ1) is 23.8. The maximum absolute atomic E-state index is 12.7. The third-order valence-electron chi connectivity index (χ3n) is 5.53. The highest BCUT2D eigenvalue weighted by Gasteiger charge is 2.18. The molecule has 10 nitrogen and oxygen atoms in total. The molecule has 178 valence electrons. The Morgan fingerprint density at radius 1 is 1.23 bits per heavy atom. The van der Waals surface area contributed by atoms with Gasteiger partial charge in [0.1, 0.15) is 23.0 Å². The lowest BCUT2D eigenvalue weighted by atomic mass is 10.1. The number of pyridine rings is 2. The Bertz CT molecular complexity index is 1520. The Morgan fingerprint density at radius 3 is 2.71 bits per heavy atom. The monoisotopic (exact) mass is 490 g/mol. The zero-order valence-corrected chi connectivity index (χ0v) is 20.1. The van der Waals surface area contributed by atoms with E-state index in [0.29, 0.717) is 29.0 Å². The lowest BCUT2D eigenvalue weighted by Gasteiger charge is -2.22. The van der Waals surface area contributed by atoms with Crippen LogP contribution in [-0.4, -0.2) is 25.2 Å². The molecule has 0 aliphatic carbocycles. The fourth-order valence-electron chi connectivity index (χ4n) is 3.67. The van der Waals surface area contributed by atoms with Gasteiger partial charge in [0.15, 0.2) is 0 Å². The average Bonchev–Trinajstić information content (AvgIpc) is 3.28. The van der Waals surface area contributed by atoms with E-state index in [-0.39, 0.29) is 22.2 Å². The molecule has 3 heterocycles. The molecular weight excluding hydrogens is 468 g/mol. The smallest absolute Gasteiger partial charge is 0.252 e. The molecule has 0 spiro atoms. The van der Waals surface area contributed by atoms with Crippen LogP contribution in [0.3, 0.4) is 0 Å². The summed E-state index contributed by atoms with van der Waals surface area (Å²) in [6.45, 7) is 1.77. The van der Waals surface area contributed by atoms with Gasteiger partial charge in [-0.25, -0.2) is 4.98 Å². The molecule has 1 atom stereocenters. The molecule has 1 aromatic carbocycles. The van der Waals surface area contributed by atoms with Crippen molar-refractivity contribution in [3.63, 3.8) is 0 Å². The topological polar surface area (TPSA) is 130 Å². The zero-order chi connectivity index (χ0) is 25.1. The average molecular weight is 491 g/mol. The third-order valence-corrected chi connectivity index (χ3v) is 5.81. The second kappa shape index (κ2) is 9.87. The lowest BCUT2D eigenvalue weighted by Crippen LogP contribution is -2.33. The molecule has 4 rings (SSSR count). The van der Waals surface area contributed by atoms with Crippen molar-refractivity contribution in [1.29, 1.82) is 5.26 Å². The number of carbonyl (C=O) groups excluding carboxylic acids is 1. The van der Waals surface area contributed by atoms with Gasteiger partial charge in [-0.15, -0.1) is 0 Å². The number of halogens is 1. The second-order valence-electron chi connectivity index (χ2n) is 7.89. The number of nitrogens with one attached hydrogen (secondary N) is 3. The quantitative estimate of drug-likeness (QED) is 0.266. The summed E-state index contributed by atoms with van der Waals surface area (Å²) in [5, 5.41) is 23.9. The largest absolute Gasteiger partial charge is 0.361 e. The van der Waals surface area contributed by atoms with Crippen molar-refractivity contribution in [3.8, 4) is 6.07 Å². The van der Waals surface area contributed by atoms with Crippen LogP contribution < -0.4 is 21.5 Å². The van der Waals surface area contributed by atoms with Gasteiger partial charge < -0.3 is 20.5 Å². The summed E-state index contributed by atoms with van der Waals surface area (Å²) in [6.07, 6.45) is 4.66. The highest BCUT2D eigenvalue weighted by atomic mass is 35.5. The van der Waals surface area contributed by atoms with Gasteiger partial charge in [0.25, 0.3) is 5.56 Å². The number of nitrogens with zero attached hydrogens (tertiary/aromatic N) is 5. The zero-order valence-electron chi connectivity index (χ0n) is 19.3. The molecule has 3 aromatic heterocycles. The highest BCUT2D eigenvalue weighted by molar-refractivity contribution is 6.31. The predicted molar refractivity (Wildman–Crippen MR) is 134 cm³/mol. The van der Waals surface area contributed by atoms with Crippen LogP contribution in [0.15, 0.2) is 53.7 Å².